The van der Waals surface area contributed by atoms with E-state index in [0.29, 0.717) is 24.1 Å². The van der Waals surface area contributed by atoms with Gasteiger partial charge in [0, 0.05) is 0 Å². The second-order valence-corrected chi connectivity index (χ2v) is 5.55. The second-order valence-electron chi connectivity index (χ2n) is 5.55. The number of nitrogens with one attached hydrogen (secondary N) is 2. The predicted molar refractivity (Wildman–Crippen MR) is 88.1 cm³/mol. The smallest absolute Gasteiger partial charge is 0.233 e. The summed E-state index contributed by atoms with van der Waals surface area (Å²) in [6, 6.07) is 9.52. The zero-order valence-electron chi connectivity index (χ0n) is 13.7. The molecule has 0 spiro atoms. The largest absolute Gasteiger partial charge is 0.496 e. The SMILES string of the molecule is COc1ccccc1-c1nc(C#N)c(NCC[NH+]2CCOCC2)o1. The summed E-state index contributed by atoms with van der Waals surface area (Å²) in [5.41, 5.74) is 0.983. The van der Waals surface area contributed by atoms with E-state index in [0.717, 1.165) is 38.4 Å². The van der Waals surface area contributed by atoms with Crippen LogP contribution in [0.25, 0.3) is 11.5 Å². The lowest BCUT2D eigenvalue weighted by molar-refractivity contribution is -0.906. The third-order valence-electron chi connectivity index (χ3n) is 4.03. The number of methoxy groups -OCH3 is 1. The minimum Gasteiger partial charge on any atom is -0.496 e. The molecule has 2 N–H and O–H groups in total. The molecule has 126 valence electrons. The van der Waals surface area contributed by atoms with E-state index in [9.17, 15) is 5.26 Å². The van der Waals surface area contributed by atoms with Crippen LogP contribution in [0.1, 0.15) is 5.69 Å². The topological polar surface area (TPSA) is 84.8 Å². The highest BCUT2D eigenvalue weighted by atomic mass is 16.5. The number of nitrogens with zero attached hydrogens (tertiary/aromatic N) is 2. The summed E-state index contributed by atoms with van der Waals surface area (Å²) in [7, 11) is 1.59. The Labute approximate surface area is 140 Å². The van der Waals surface area contributed by atoms with Crippen LogP contribution in [0, 0.1) is 11.3 Å². The number of oxazole rings is 1. The van der Waals surface area contributed by atoms with E-state index >= 15 is 0 Å². The molecule has 1 aromatic carbocycles. The molecule has 2 aromatic rings. The molecule has 24 heavy (non-hydrogen) atoms. The van der Waals surface area contributed by atoms with Crippen molar-refractivity contribution in [3.8, 4) is 23.3 Å². The van der Waals surface area contributed by atoms with Gasteiger partial charge in [-0.3, -0.25) is 0 Å². The van der Waals surface area contributed by atoms with Gasteiger partial charge in [0.25, 0.3) is 0 Å². The van der Waals surface area contributed by atoms with Crippen molar-refractivity contribution in [3.63, 3.8) is 0 Å². The summed E-state index contributed by atoms with van der Waals surface area (Å²) >= 11 is 0. The Morgan fingerprint density at radius 1 is 1.33 bits per heavy atom. The third kappa shape index (κ3) is 3.67. The number of rotatable bonds is 6. The van der Waals surface area contributed by atoms with Gasteiger partial charge in [-0.25, -0.2) is 0 Å². The molecule has 0 atom stereocenters. The second kappa shape index (κ2) is 7.81. The van der Waals surface area contributed by atoms with Crippen molar-refractivity contribution >= 4 is 5.88 Å². The quantitative estimate of drug-likeness (QED) is 0.805. The first-order chi connectivity index (χ1) is 11.8. The van der Waals surface area contributed by atoms with Gasteiger partial charge in [-0.15, -0.1) is 0 Å². The molecule has 1 aliphatic rings. The summed E-state index contributed by atoms with van der Waals surface area (Å²) in [6.07, 6.45) is 0. The first kappa shape index (κ1) is 16.3. The van der Waals surface area contributed by atoms with Crippen LogP contribution in [0.2, 0.25) is 0 Å². The van der Waals surface area contributed by atoms with Crippen molar-refractivity contribution in [3.05, 3.63) is 30.0 Å². The molecule has 0 saturated carbocycles. The maximum absolute atomic E-state index is 9.29. The van der Waals surface area contributed by atoms with E-state index in [4.69, 9.17) is 13.9 Å². The van der Waals surface area contributed by atoms with Gasteiger partial charge in [-0.1, -0.05) is 12.1 Å². The monoisotopic (exact) mass is 329 g/mol. The number of aromatic nitrogens is 1. The number of ether oxygens (including phenoxy) is 2. The van der Waals surface area contributed by atoms with Crippen molar-refractivity contribution in [1.29, 1.82) is 5.26 Å². The van der Waals surface area contributed by atoms with E-state index in [-0.39, 0.29) is 5.69 Å². The fourth-order valence-electron chi connectivity index (χ4n) is 2.72. The maximum Gasteiger partial charge on any atom is 0.233 e. The fourth-order valence-corrected chi connectivity index (χ4v) is 2.72. The highest BCUT2D eigenvalue weighted by molar-refractivity contribution is 5.65. The number of para-hydroxylation sites is 1. The average Bonchev–Trinajstić information content (AvgIpc) is 3.05. The van der Waals surface area contributed by atoms with E-state index in [1.54, 1.807) is 7.11 Å². The minimum atomic E-state index is 0.257. The van der Waals surface area contributed by atoms with Gasteiger partial charge in [0.2, 0.25) is 17.5 Å². The van der Waals surface area contributed by atoms with Crippen molar-refractivity contribution in [2.75, 3.05) is 51.8 Å². The molecule has 1 fully saturated rings. The summed E-state index contributed by atoms with van der Waals surface area (Å²) in [5, 5.41) is 12.5. The van der Waals surface area contributed by atoms with Crippen LogP contribution >= 0.6 is 0 Å². The Bertz CT molecular complexity index is 717. The highest BCUT2D eigenvalue weighted by Gasteiger charge is 2.18. The Kier molecular flexibility index (Phi) is 5.31. The van der Waals surface area contributed by atoms with Crippen molar-refractivity contribution in [2.45, 2.75) is 0 Å². The van der Waals surface area contributed by atoms with Gasteiger partial charge in [0.05, 0.1) is 39.0 Å². The van der Waals surface area contributed by atoms with E-state index < -0.39 is 0 Å². The van der Waals surface area contributed by atoms with Crippen molar-refractivity contribution < 1.29 is 18.8 Å². The van der Waals surface area contributed by atoms with E-state index in [1.165, 1.54) is 4.90 Å². The molecule has 0 amide bonds. The molecule has 1 aliphatic heterocycles. The van der Waals surface area contributed by atoms with Gasteiger partial charge >= 0.3 is 0 Å². The normalized spacial score (nSPS) is 15.0. The van der Waals surface area contributed by atoms with Crippen LogP contribution in [0.3, 0.4) is 0 Å². The maximum atomic E-state index is 9.29. The van der Waals surface area contributed by atoms with Crippen LogP contribution in [0.4, 0.5) is 5.88 Å². The molecule has 7 nitrogen and oxygen atoms in total. The standard InChI is InChI=1S/C17H20N4O3/c1-22-15-5-3-2-4-13(15)16-20-14(12-18)17(24-16)19-6-7-21-8-10-23-11-9-21/h2-5,19H,6-11H2,1H3/p+1. The molecule has 0 unspecified atom stereocenters. The Morgan fingerprint density at radius 3 is 2.88 bits per heavy atom. The number of benzene rings is 1. The number of hydrogen-bond donors (Lipinski definition) is 2. The average molecular weight is 329 g/mol. The van der Waals surface area contributed by atoms with Gasteiger partial charge in [0.15, 0.2) is 0 Å². The summed E-state index contributed by atoms with van der Waals surface area (Å²) in [5.74, 6) is 1.45. The van der Waals surface area contributed by atoms with E-state index in [2.05, 4.69) is 16.4 Å². The van der Waals surface area contributed by atoms with Crippen molar-refractivity contribution in [2.24, 2.45) is 0 Å². The fraction of sp³-hybridized carbons (Fsp3) is 0.412. The Hall–Kier alpha value is -2.56. The third-order valence-corrected chi connectivity index (χ3v) is 4.03. The molecule has 1 aromatic heterocycles. The van der Waals surface area contributed by atoms with E-state index in [1.807, 2.05) is 24.3 Å². The molecule has 0 bridgehead atoms. The van der Waals surface area contributed by atoms with Crippen LogP contribution in [-0.4, -0.2) is 51.5 Å². The lowest BCUT2D eigenvalue weighted by Gasteiger charge is -2.23. The van der Waals surface area contributed by atoms with Gasteiger partial charge < -0.3 is 24.1 Å². The van der Waals surface area contributed by atoms with Crippen LogP contribution in [-0.2, 0) is 4.74 Å². The highest BCUT2D eigenvalue weighted by Crippen LogP contribution is 2.31. The summed E-state index contributed by atoms with van der Waals surface area (Å²) in [6.45, 7) is 5.28. The van der Waals surface area contributed by atoms with Gasteiger partial charge in [0.1, 0.15) is 24.9 Å². The van der Waals surface area contributed by atoms with Gasteiger partial charge in [-0.05, 0) is 12.1 Å². The Morgan fingerprint density at radius 2 is 2.12 bits per heavy atom. The minimum absolute atomic E-state index is 0.257. The zero-order chi connectivity index (χ0) is 16.8. The molecule has 0 aliphatic carbocycles. The zero-order valence-corrected chi connectivity index (χ0v) is 13.7. The van der Waals surface area contributed by atoms with Crippen LogP contribution < -0.4 is 15.0 Å². The summed E-state index contributed by atoms with van der Waals surface area (Å²) in [4.78, 5) is 5.76. The number of anilines is 1. The predicted octanol–water partition coefficient (Wildman–Crippen LogP) is 0.549. The molecular formula is C17H21N4O3+. The molecule has 0 radical (unpaired) electrons. The first-order valence-corrected chi connectivity index (χ1v) is 8.01. The number of quaternary nitrogens is 1. The van der Waals surface area contributed by atoms with Crippen molar-refractivity contribution in [1.82, 2.24) is 4.98 Å². The Balaban J connectivity index is 1.70. The van der Waals surface area contributed by atoms with Gasteiger partial charge in [-0.2, -0.15) is 10.2 Å². The molecule has 2 heterocycles. The first-order valence-electron chi connectivity index (χ1n) is 8.01. The molecule has 3 rings (SSSR count). The molecule has 1 saturated heterocycles. The molecule has 7 heteroatoms. The van der Waals surface area contributed by atoms with Crippen LogP contribution in [0.15, 0.2) is 28.7 Å². The number of hydrogen-bond acceptors (Lipinski definition) is 6. The summed E-state index contributed by atoms with van der Waals surface area (Å²) < 4.78 is 16.4. The molecular weight excluding hydrogens is 308 g/mol. The number of nitriles is 1. The lowest BCUT2D eigenvalue weighted by atomic mass is 10.2. The number of morpholine rings is 1. The van der Waals surface area contributed by atoms with Crippen LogP contribution in [0.5, 0.6) is 5.75 Å². The lowest BCUT2D eigenvalue weighted by Crippen LogP contribution is -3.14.